The van der Waals surface area contributed by atoms with Gasteiger partial charge in [-0.15, -0.1) is 0 Å². The second-order valence-corrected chi connectivity index (χ2v) is 2.67. The van der Waals surface area contributed by atoms with Crippen LogP contribution in [0.2, 0.25) is 0 Å². The monoisotopic (exact) mass is 169 g/mol. The van der Waals surface area contributed by atoms with E-state index in [4.69, 9.17) is 15.3 Å². The van der Waals surface area contributed by atoms with Crippen LogP contribution in [0.5, 0.6) is 0 Å². The smallest absolute Gasteiger partial charge is 0.308 e. The van der Waals surface area contributed by atoms with Crippen LogP contribution < -0.4 is 5.73 Å². The number of hydrogen-bond donors (Lipinski definition) is 2. The molecule has 0 spiro atoms. The zero-order valence-electron chi connectivity index (χ0n) is 6.73. The van der Waals surface area contributed by atoms with Crippen molar-refractivity contribution in [3.05, 3.63) is 24.2 Å². The minimum Gasteiger partial charge on any atom is -0.481 e. The van der Waals surface area contributed by atoms with Crippen LogP contribution in [0.15, 0.2) is 22.8 Å². The van der Waals surface area contributed by atoms with Gasteiger partial charge in [0, 0.05) is 0 Å². The van der Waals surface area contributed by atoms with Gasteiger partial charge in [0.05, 0.1) is 18.2 Å². The molecule has 0 fully saturated rings. The molecule has 0 aromatic carbocycles. The molecule has 0 bridgehead atoms. The molecule has 66 valence electrons. The van der Waals surface area contributed by atoms with Gasteiger partial charge in [-0.25, -0.2) is 0 Å². The Kier molecular flexibility index (Phi) is 2.50. The summed E-state index contributed by atoms with van der Waals surface area (Å²) in [7, 11) is 0. The van der Waals surface area contributed by atoms with E-state index in [2.05, 4.69) is 0 Å². The van der Waals surface area contributed by atoms with Crippen molar-refractivity contribution in [2.75, 3.05) is 0 Å². The normalized spacial score (nSPS) is 15.5. The highest BCUT2D eigenvalue weighted by Gasteiger charge is 2.23. The third kappa shape index (κ3) is 1.65. The molecule has 0 radical (unpaired) electrons. The van der Waals surface area contributed by atoms with E-state index in [1.807, 2.05) is 0 Å². The summed E-state index contributed by atoms with van der Waals surface area (Å²) >= 11 is 0. The third-order valence-corrected chi connectivity index (χ3v) is 1.80. The number of hydrogen-bond acceptors (Lipinski definition) is 3. The Morgan fingerprint density at radius 1 is 1.75 bits per heavy atom. The minimum atomic E-state index is -0.918. The standard InChI is InChI=1S/C8H11NO3/c1-5(8(10)11)7(9)6-3-2-4-12-6/h2-5,7H,9H2,1H3,(H,10,11). The summed E-state index contributed by atoms with van der Waals surface area (Å²) in [5.74, 6) is -1.04. The summed E-state index contributed by atoms with van der Waals surface area (Å²) in [6.45, 7) is 1.55. The second kappa shape index (κ2) is 3.40. The predicted molar refractivity (Wildman–Crippen MR) is 42.4 cm³/mol. The first-order valence-corrected chi connectivity index (χ1v) is 3.64. The highest BCUT2D eigenvalue weighted by molar-refractivity contribution is 5.70. The number of carboxylic acids is 1. The zero-order chi connectivity index (χ0) is 9.14. The lowest BCUT2D eigenvalue weighted by Gasteiger charge is -2.12. The topological polar surface area (TPSA) is 76.5 Å². The van der Waals surface area contributed by atoms with E-state index in [0.717, 1.165) is 0 Å². The number of carboxylic acid groups (broad SMARTS) is 1. The molecule has 1 heterocycles. The fourth-order valence-corrected chi connectivity index (χ4v) is 0.881. The number of carbonyl (C=O) groups is 1. The molecule has 0 amide bonds. The molecule has 0 aliphatic heterocycles. The van der Waals surface area contributed by atoms with E-state index in [9.17, 15) is 4.79 Å². The molecular weight excluding hydrogens is 158 g/mol. The van der Waals surface area contributed by atoms with Gasteiger partial charge in [-0.1, -0.05) is 0 Å². The fraction of sp³-hybridized carbons (Fsp3) is 0.375. The minimum absolute atomic E-state index is 0.505. The average molecular weight is 169 g/mol. The summed E-state index contributed by atoms with van der Waals surface area (Å²) in [5.41, 5.74) is 5.61. The van der Waals surface area contributed by atoms with Crippen LogP contribution in [0.3, 0.4) is 0 Å². The van der Waals surface area contributed by atoms with Gasteiger partial charge >= 0.3 is 5.97 Å². The van der Waals surface area contributed by atoms with E-state index in [1.165, 1.54) is 6.26 Å². The van der Waals surface area contributed by atoms with Crippen LogP contribution in [0, 0.1) is 5.92 Å². The van der Waals surface area contributed by atoms with Gasteiger partial charge in [0.15, 0.2) is 0 Å². The van der Waals surface area contributed by atoms with Crippen molar-refractivity contribution < 1.29 is 14.3 Å². The molecule has 2 unspecified atom stereocenters. The Morgan fingerprint density at radius 2 is 2.42 bits per heavy atom. The lowest BCUT2D eigenvalue weighted by molar-refractivity contribution is -0.142. The van der Waals surface area contributed by atoms with Crippen LogP contribution in [0.1, 0.15) is 18.7 Å². The molecule has 3 N–H and O–H groups in total. The van der Waals surface area contributed by atoms with Crippen molar-refractivity contribution in [2.24, 2.45) is 11.7 Å². The van der Waals surface area contributed by atoms with Crippen molar-refractivity contribution in [3.63, 3.8) is 0 Å². The SMILES string of the molecule is CC(C(=O)O)C(N)c1ccco1. The Hall–Kier alpha value is -1.29. The maximum Gasteiger partial charge on any atom is 0.308 e. The first kappa shape index (κ1) is 8.80. The summed E-state index contributed by atoms with van der Waals surface area (Å²) in [6, 6.07) is 2.78. The molecule has 1 rings (SSSR count). The van der Waals surface area contributed by atoms with Gasteiger partial charge in [-0.2, -0.15) is 0 Å². The van der Waals surface area contributed by atoms with Gasteiger partial charge in [-0.3, -0.25) is 4.79 Å². The summed E-state index contributed by atoms with van der Waals surface area (Å²) in [5, 5.41) is 8.63. The molecule has 1 aromatic rings. The molecular formula is C8H11NO3. The number of furan rings is 1. The second-order valence-electron chi connectivity index (χ2n) is 2.67. The molecule has 2 atom stereocenters. The Morgan fingerprint density at radius 3 is 2.83 bits per heavy atom. The van der Waals surface area contributed by atoms with Crippen LogP contribution >= 0.6 is 0 Å². The lowest BCUT2D eigenvalue weighted by atomic mass is 10.0. The van der Waals surface area contributed by atoms with Gasteiger partial charge in [0.1, 0.15) is 5.76 Å². The maximum atomic E-state index is 10.5. The highest BCUT2D eigenvalue weighted by atomic mass is 16.4. The fourth-order valence-electron chi connectivity index (χ4n) is 0.881. The van der Waals surface area contributed by atoms with Crippen molar-refractivity contribution in [1.82, 2.24) is 0 Å². The lowest BCUT2D eigenvalue weighted by Crippen LogP contribution is -2.25. The molecule has 1 aromatic heterocycles. The maximum absolute atomic E-state index is 10.5. The van der Waals surface area contributed by atoms with E-state index in [-0.39, 0.29) is 0 Å². The van der Waals surface area contributed by atoms with E-state index in [0.29, 0.717) is 5.76 Å². The molecule has 0 aliphatic rings. The molecule has 0 saturated heterocycles. The molecule has 4 heteroatoms. The van der Waals surface area contributed by atoms with Crippen molar-refractivity contribution in [1.29, 1.82) is 0 Å². The van der Waals surface area contributed by atoms with Gasteiger partial charge in [0.25, 0.3) is 0 Å². The summed E-state index contributed by atoms with van der Waals surface area (Å²) < 4.78 is 4.98. The number of rotatable bonds is 3. The van der Waals surface area contributed by atoms with Gasteiger partial charge in [-0.05, 0) is 19.1 Å². The largest absolute Gasteiger partial charge is 0.481 e. The molecule has 0 aliphatic carbocycles. The van der Waals surface area contributed by atoms with Crippen LogP contribution in [0.25, 0.3) is 0 Å². The first-order valence-electron chi connectivity index (χ1n) is 3.64. The summed E-state index contributed by atoms with van der Waals surface area (Å²) in [4.78, 5) is 10.5. The Labute approximate surface area is 70.0 Å². The summed E-state index contributed by atoms with van der Waals surface area (Å²) in [6.07, 6.45) is 1.48. The molecule has 4 nitrogen and oxygen atoms in total. The van der Waals surface area contributed by atoms with Crippen LogP contribution in [-0.2, 0) is 4.79 Å². The quantitative estimate of drug-likeness (QED) is 0.707. The predicted octanol–water partition coefficient (Wildman–Crippen LogP) is 1.00. The van der Waals surface area contributed by atoms with Crippen molar-refractivity contribution in [3.8, 4) is 0 Å². The highest BCUT2D eigenvalue weighted by Crippen LogP contribution is 2.19. The van der Waals surface area contributed by atoms with Crippen molar-refractivity contribution >= 4 is 5.97 Å². The zero-order valence-corrected chi connectivity index (χ0v) is 6.73. The van der Waals surface area contributed by atoms with Crippen molar-refractivity contribution in [2.45, 2.75) is 13.0 Å². The average Bonchev–Trinajstić information content (AvgIpc) is 2.53. The molecule has 12 heavy (non-hydrogen) atoms. The van der Waals surface area contributed by atoms with Gasteiger partial charge < -0.3 is 15.3 Å². The van der Waals surface area contributed by atoms with E-state index < -0.39 is 17.9 Å². The Balaban J connectivity index is 2.71. The number of aliphatic carboxylic acids is 1. The first-order chi connectivity index (χ1) is 5.63. The molecule has 0 saturated carbocycles. The van der Waals surface area contributed by atoms with E-state index in [1.54, 1.807) is 19.1 Å². The van der Waals surface area contributed by atoms with Crippen LogP contribution in [-0.4, -0.2) is 11.1 Å². The van der Waals surface area contributed by atoms with E-state index >= 15 is 0 Å². The Bertz CT molecular complexity index is 255. The van der Waals surface area contributed by atoms with Gasteiger partial charge in [0.2, 0.25) is 0 Å². The number of nitrogens with two attached hydrogens (primary N) is 1. The van der Waals surface area contributed by atoms with Crippen LogP contribution in [0.4, 0.5) is 0 Å². The third-order valence-electron chi connectivity index (χ3n) is 1.80.